The zero-order chi connectivity index (χ0) is 31.2. The minimum absolute atomic E-state index is 0.0105. The number of alkyl halides is 3. The summed E-state index contributed by atoms with van der Waals surface area (Å²) in [6.07, 6.45) is 5.56. The molecule has 14 heteroatoms. The number of hydrogen-bond donors (Lipinski definition) is 0. The van der Waals surface area contributed by atoms with Crippen LogP contribution in [0.5, 0.6) is 5.75 Å². The van der Waals surface area contributed by atoms with Gasteiger partial charge in [0.25, 0.3) is 0 Å². The van der Waals surface area contributed by atoms with E-state index < -0.39 is 29.3 Å². The van der Waals surface area contributed by atoms with Crippen LogP contribution in [0.25, 0.3) is 0 Å². The Morgan fingerprint density at radius 2 is 1.95 bits per heavy atom. The predicted molar refractivity (Wildman–Crippen MR) is 153 cm³/mol. The monoisotopic (exact) mass is 633 g/mol. The highest BCUT2D eigenvalue weighted by Crippen LogP contribution is 2.49. The van der Waals surface area contributed by atoms with Crippen LogP contribution in [0.1, 0.15) is 50.3 Å². The van der Waals surface area contributed by atoms with Crippen LogP contribution in [0.4, 0.5) is 23.5 Å². The Hall–Kier alpha value is -3.74. The molecule has 3 aromatic rings. The lowest BCUT2D eigenvalue weighted by atomic mass is 9.95. The number of rotatable bonds is 8. The van der Waals surface area contributed by atoms with Crippen LogP contribution in [0, 0.1) is 23.6 Å². The molecule has 44 heavy (non-hydrogen) atoms. The lowest BCUT2D eigenvalue weighted by Crippen LogP contribution is -2.50. The molecule has 2 unspecified atom stereocenters. The number of allylic oxidation sites excluding steroid dienone is 1. The molecule has 6 rings (SSSR count). The summed E-state index contributed by atoms with van der Waals surface area (Å²) in [5, 5.41) is 7.49. The standard InChI is InChI=1S/C30H32ClF4N7O2/c1-29(2)17-41(16-25-38-39-27(42(25)29)30(33,34)35)26(43)12-20-3-4-22(13-24(20)32)44-10-7-19-11-23(19)18-5-8-40(9-6-18)28-36-14-21(31)15-37-28/h3-5,8,13-15,18-19,23H,6-7,9-12,16-17H2,1-2H3/t18?,19-,23?/m1/s1. The van der Waals surface area contributed by atoms with Gasteiger partial charge in [-0.05, 0) is 62.5 Å². The largest absolute Gasteiger partial charge is 0.493 e. The lowest BCUT2D eigenvalue weighted by Gasteiger charge is -2.40. The second kappa shape index (κ2) is 11.6. The number of hydrogen-bond acceptors (Lipinski definition) is 7. The van der Waals surface area contributed by atoms with Gasteiger partial charge in [-0.1, -0.05) is 23.7 Å². The van der Waals surface area contributed by atoms with Crippen LogP contribution in [-0.2, 0) is 29.5 Å². The van der Waals surface area contributed by atoms with Gasteiger partial charge in [0.1, 0.15) is 11.6 Å². The maximum Gasteiger partial charge on any atom is 0.451 e. The van der Waals surface area contributed by atoms with Gasteiger partial charge >= 0.3 is 6.18 Å². The first kappa shape index (κ1) is 30.3. The van der Waals surface area contributed by atoms with Gasteiger partial charge in [0.05, 0.1) is 42.5 Å². The fourth-order valence-electron chi connectivity index (χ4n) is 6.32. The molecule has 1 aliphatic carbocycles. The molecule has 234 valence electrons. The van der Waals surface area contributed by atoms with Crippen LogP contribution in [0.15, 0.2) is 42.9 Å². The van der Waals surface area contributed by atoms with E-state index >= 15 is 0 Å². The van der Waals surface area contributed by atoms with Gasteiger partial charge in [0, 0.05) is 25.4 Å². The molecular weight excluding hydrogens is 602 g/mol. The molecule has 0 N–H and O–H groups in total. The van der Waals surface area contributed by atoms with E-state index in [4.69, 9.17) is 16.3 Å². The third-order valence-corrected chi connectivity index (χ3v) is 8.78. The first-order chi connectivity index (χ1) is 20.9. The van der Waals surface area contributed by atoms with Crippen molar-refractivity contribution in [2.45, 2.75) is 57.8 Å². The Bertz CT molecular complexity index is 1560. The molecule has 9 nitrogen and oxygen atoms in total. The maximum atomic E-state index is 15.0. The minimum Gasteiger partial charge on any atom is -0.493 e. The Kier molecular flexibility index (Phi) is 8.02. The summed E-state index contributed by atoms with van der Waals surface area (Å²) in [4.78, 5) is 25.0. The summed E-state index contributed by atoms with van der Waals surface area (Å²) >= 11 is 5.88. The fraction of sp³-hybridized carbons (Fsp3) is 0.500. The Labute approximate surface area is 256 Å². The molecule has 0 bridgehead atoms. The number of carbonyl (C=O) groups excluding carboxylic acids is 1. The van der Waals surface area contributed by atoms with E-state index in [-0.39, 0.29) is 30.9 Å². The second-order valence-corrected chi connectivity index (χ2v) is 12.7. The second-order valence-electron chi connectivity index (χ2n) is 12.3. The van der Waals surface area contributed by atoms with Crippen LogP contribution >= 0.6 is 11.6 Å². The maximum absolute atomic E-state index is 15.0. The summed E-state index contributed by atoms with van der Waals surface area (Å²) in [5.41, 5.74) is -0.901. The van der Waals surface area contributed by atoms with Crippen molar-refractivity contribution in [1.29, 1.82) is 0 Å². The summed E-state index contributed by atoms with van der Waals surface area (Å²) in [5.74, 6) is 0.638. The first-order valence-electron chi connectivity index (χ1n) is 14.5. The van der Waals surface area contributed by atoms with Crippen molar-refractivity contribution in [1.82, 2.24) is 29.6 Å². The van der Waals surface area contributed by atoms with Crippen molar-refractivity contribution >= 4 is 23.5 Å². The van der Waals surface area contributed by atoms with E-state index in [1.54, 1.807) is 32.3 Å². The number of halogens is 5. The molecule has 2 aliphatic heterocycles. The molecule has 2 aromatic heterocycles. The van der Waals surface area contributed by atoms with Crippen LogP contribution in [0.3, 0.4) is 0 Å². The van der Waals surface area contributed by atoms with E-state index in [1.165, 1.54) is 17.0 Å². The van der Waals surface area contributed by atoms with Crippen LogP contribution < -0.4 is 9.64 Å². The van der Waals surface area contributed by atoms with Gasteiger partial charge < -0.3 is 14.5 Å². The highest BCUT2D eigenvalue weighted by atomic mass is 35.5. The Balaban J connectivity index is 0.974. The molecule has 3 atom stereocenters. The summed E-state index contributed by atoms with van der Waals surface area (Å²) in [7, 11) is 0. The van der Waals surface area contributed by atoms with Crippen LogP contribution in [-0.4, -0.2) is 55.2 Å². The van der Waals surface area contributed by atoms with Gasteiger partial charge in [-0.25, -0.2) is 14.4 Å². The first-order valence-corrected chi connectivity index (χ1v) is 14.9. The number of fused-ring (bicyclic) bond motifs is 1. The highest BCUT2D eigenvalue weighted by Gasteiger charge is 2.45. The van der Waals surface area contributed by atoms with Gasteiger partial charge in [0.15, 0.2) is 5.82 Å². The van der Waals surface area contributed by atoms with E-state index in [9.17, 15) is 22.4 Å². The number of anilines is 1. The van der Waals surface area contributed by atoms with Crippen molar-refractivity contribution in [2.75, 3.05) is 24.6 Å². The third-order valence-electron chi connectivity index (χ3n) is 8.58. The Morgan fingerprint density at radius 1 is 1.18 bits per heavy atom. The molecule has 1 saturated carbocycles. The fourth-order valence-corrected chi connectivity index (χ4v) is 6.42. The van der Waals surface area contributed by atoms with Gasteiger partial charge in [-0.2, -0.15) is 13.2 Å². The predicted octanol–water partition coefficient (Wildman–Crippen LogP) is 5.64. The number of benzene rings is 1. The smallest absolute Gasteiger partial charge is 0.451 e. The zero-order valence-electron chi connectivity index (χ0n) is 24.3. The number of nitrogens with zero attached hydrogens (tertiary/aromatic N) is 7. The SMILES string of the molecule is CC1(C)CN(C(=O)Cc2ccc(OCC[C@@H]3CC3C3C=CN(c4ncc(Cl)cn4)CC3)cc2F)Cc2nnc(C(F)(F)F)n21. The average Bonchev–Trinajstić information content (AvgIpc) is 3.59. The minimum atomic E-state index is -4.66. The van der Waals surface area contributed by atoms with Gasteiger partial charge in [0.2, 0.25) is 17.7 Å². The van der Waals surface area contributed by atoms with Crippen molar-refractivity contribution in [2.24, 2.45) is 17.8 Å². The number of carbonyl (C=O) groups is 1. The van der Waals surface area contributed by atoms with Gasteiger partial charge in [-0.3, -0.25) is 9.36 Å². The van der Waals surface area contributed by atoms with Crippen molar-refractivity contribution < 1.29 is 27.1 Å². The molecule has 0 radical (unpaired) electrons. The highest BCUT2D eigenvalue weighted by molar-refractivity contribution is 6.30. The summed E-state index contributed by atoms with van der Waals surface area (Å²) in [6.45, 7) is 4.35. The summed E-state index contributed by atoms with van der Waals surface area (Å²) in [6, 6.07) is 4.43. The van der Waals surface area contributed by atoms with Crippen molar-refractivity contribution in [3.63, 3.8) is 0 Å². The number of amides is 1. The summed E-state index contributed by atoms with van der Waals surface area (Å²) < 4.78 is 62.0. The lowest BCUT2D eigenvalue weighted by molar-refractivity contribution is -0.151. The van der Waals surface area contributed by atoms with E-state index in [0.717, 1.165) is 30.4 Å². The molecule has 3 aliphatic rings. The quantitative estimate of drug-likeness (QED) is 0.297. The topological polar surface area (TPSA) is 89.3 Å². The third kappa shape index (κ3) is 6.38. The zero-order valence-corrected chi connectivity index (χ0v) is 25.0. The molecular formula is C30H32ClF4N7O2. The number of aromatic nitrogens is 5. The normalized spacial score (nSPS) is 22.6. The number of ether oxygens (including phenoxy) is 1. The average molecular weight is 634 g/mol. The van der Waals surface area contributed by atoms with E-state index in [0.29, 0.717) is 41.1 Å². The Morgan fingerprint density at radius 3 is 2.64 bits per heavy atom. The molecule has 0 spiro atoms. The molecule has 4 heterocycles. The molecule has 1 amide bonds. The van der Waals surface area contributed by atoms with Crippen molar-refractivity contribution in [3.05, 3.63) is 70.9 Å². The van der Waals surface area contributed by atoms with E-state index in [2.05, 4.69) is 26.2 Å². The van der Waals surface area contributed by atoms with Crippen LogP contribution in [0.2, 0.25) is 5.02 Å². The molecule has 1 aromatic carbocycles. The van der Waals surface area contributed by atoms with Crippen molar-refractivity contribution in [3.8, 4) is 5.75 Å². The van der Waals surface area contributed by atoms with Gasteiger partial charge in [-0.15, -0.1) is 10.2 Å². The molecule has 0 saturated heterocycles. The molecule has 1 fully saturated rings. The van der Waals surface area contributed by atoms with E-state index in [1.807, 2.05) is 11.1 Å².